The third-order valence-electron chi connectivity index (χ3n) is 2.72. The molecule has 2 heterocycles. The van der Waals surface area contributed by atoms with Crippen LogP contribution in [0, 0.1) is 5.82 Å². The SMILES string of the molecule is CNC(Cc1ncnn1C)c1ccncc1F. The lowest BCUT2D eigenvalue weighted by atomic mass is 10.0. The van der Waals surface area contributed by atoms with Gasteiger partial charge in [-0.05, 0) is 13.1 Å². The monoisotopic (exact) mass is 235 g/mol. The van der Waals surface area contributed by atoms with Crippen molar-refractivity contribution in [2.24, 2.45) is 7.05 Å². The first kappa shape index (κ1) is 11.7. The lowest BCUT2D eigenvalue weighted by molar-refractivity contribution is 0.512. The maximum atomic E-state index is 13.6. The minimum atomic E-state index is -0.311. The summed E-state index contributed by atoms with van der Waals surface area (Å²) >= 11 is 0. The molecule has 1 atom stereocenters. The summed E-state index contributed by atoms with van der Waals surface area (Å²) in [6.07, 6.45) is 4.87. The summed E-state index contributed by atoms with van der Waals surface area (Å²) in [4.78, 5) is 7.87. The molecule has 5 nitrogen and oxygen atoms in total. The molecule has 2 aromatic rings. The van der Waals surface area contributed by atoms with Gasteiger partial charge in [-0.25, -0.2) is 9.37 Å². The summed E-state index contributed by atoms with van der Waals surface area (Å²) in [6, 6.07) is 1.54. The quantitative estimate of drug-likeness (QED) is 0.853. The van der Waals surface area contributed by atoms with Crippen LogP contribution in [0.3, 0.4) is 0 Å². The number of likely N-dealkylation sites (N-methyl/N-ethyl adjacent to an activating group) is 1. The first-order valence-electron chi connectivity index (χ1n) is 5.32. The third-order valence-corrected chi connectivity index (χ3v) is 2.72. The number of pyridine rings is 1. The molecule has 0 aliphatic heterocycles. The van der Waals surface area contributed by atoms with E-state index in [0.717, 1.165) is 5.82 Å². The maximum absolute atomic E-state index is 13.6. The number of rotatable bonds is 4. The molecule has 0 saturated carbocycles. The van der Waals surface area contributed by atoms with Crippen LogP contribution in [0.4, 0.5) is 4.39 Å². The molecule has 0 fully saturated rings. The lowest BCUT2D eigenvalue weighted by Gasteiger charge is -2.16. The van der Waals surface area contributed by atoms with E-state index in [1.54, 1.807) is 24.0 Å². The van der Waals surface area contributed by atoms with Gasteiger partial charge in [0.25, 0.3) is 0 Å². The molecule has 90 valence electrons. The average molecular weight is 235 g/mol. The Bertz CT molecular complexity index is 496. The Morgan fingerprint density at radius 3 is 2.94 bits per heavy atom. The Morgan fingerprint density at radius 2 is 2.35 bits per heavy atom. The van der Waals surface area contributed by atoms with Crippen molar-refractivity contribution in [1.29, 1.82) is 0 Å². The van der Waals surface area contributed by atoms with Crippen molar-refractivity contribution in [3.63, 3.8) is 0 Å². The van der Waals surface area contributed by atoms with E-state index >= 15 is 0 Å². The van der Waals surface area contributed by atoms with Crippen molar-refractivity contribution in [3.05, 3.63) is 42.0 Å². The normalized spacial score (nSPS) is 12.6. The Morgan fingerprint density at radius 1 is 1.53 bits per heavy atom. The molecule has 2 aromatic heterocycles. The minimum absolute atomic E-state index is 0.138. The van der Waals surface area contributed by atoms with E-state index in [0.29, 0.717) is 12.0 Å². The van der Waals surface area contributed by atoms with Crippen LogP contribution in [-0.4, -0.2) is 26.8 Å². The number of halogens is 1. The topological polar surface area (TPSA) is 55.6 Å². The van der Waals surface area contributed by atoms with E-state index in [2.05, 4.69) is 20.4 Å². The smallest absolute Gasteiger partial charge is 0.146 e. The fourth-order valence-electron chi connectivity index (χ4n) is 1.72. The Hall–Kier alpha value is -1.82. The van der Waals surface area contributed by atoms with Crippen molar-refractivity contribution in [2.75, 3.05) is 7.05 Å². The molecule has 0 spiro atoms. The minimum Gasteiger partial charge on any atom is -0.313 e. The van der Waals surface area contributed by atoms with Gasteiger partial charge in [0, 0.05) is 31.3 Å². The zero-order valence-corrected chi connectivity index (χ0v) is 9.76. The van der Waals surface area contributed by atoms with Crippen LogP contribution in [0.15, 0.2) is 24.8 Å². The zero-order valence-electron chi connectivity index (χ0n) is 9.76. The van der Waals surface area contributed by atoms with Crippen molar-refractivity contribution in [1.82, 2.24) is 25.1 Å². The van der Waals surface area contributed by atoms with Crippen molar-refractivity contribution in [3.8, 4) is 0 Å². The first-order valence-corrected chi connectivity index (χ1v) is 5.32. The Labute approximate surface area is 98.7 Å². The number of hydrogen-bond donors (Lipinski definition) is 1. The molecule has 0 aliphatic carbocycles. The summed E-state index contributed by atoms with van der Waals surface area (Å²) in [5.74, 6) is 0.495. The Balaban J connectivity index is 2.23. The van der Waals surface area contributed by atoms with Crippen LogP contribution in [0.1, 0.15) is 17.4 Å². The highest BCUT2D eigenvalue weighted by Gasteiger charge is 2.16. The number of nitrogens with one attached hydrogen (secondary N) is 1. The second kappa shape index (κ2) is 5.01. The standard InChI is InChI=1S/C11H14FN5/c1-13-10(5-11-15-7-16-17(11)2)8-3-4-14-6-9(8)12/h3-4,6-7,10,13H,5H2,1-2H3. The summed E-state index contributed by atoms with van der Waals surface area (Å²) in [5.41, 5.74) is 0.588. The van der Waals surface area contributed by atoms with E-state index in [1.165, 1.54) is 12.5 Å². The zero-order chi connectivity index (χ0) is 12.3. The summed E-state index contributed by atoms with van der Waals surface area (Å²) < 4.78 is 15.3. The average Bonchev–Trinajstić information content (AvgIpc) is 2.73. The van der Waals surface area contributed by atoms with Gasteiger partial charge in [-0.3, -0.25) is 9.67 Å². The molecule has 0 amide bonds. The van der Waals surface area contributed by atoms with Crippen LogP contribution in [0.2, 0.25) is 0 Å². The van der Waals surface area contributed by atoms with Crippen LogP contribution < -0.4 is 5.32 Å². The fraction of sp³-hybridized carbons (Fsp3) is 0.364. The van der Waals surface area contributed by atoms with E-state index in [-0.39, 0.29) is 11.9 Å². The van der Waals surface area contributed by atoms with E-state index in [1.807, 2.05) is 7.05 Å². The summed E-state index contributed by atoms with van der Waals surface area (Å²) in [6.45, 7) is 0. The molecule has 17 heavy (non-hydrogen) atoms. The van der Waals surface area contributed by atoms with Gasteiger partial charge >= 0.3 is 0 Å². The van der Waals surface area contributed by atoms with Gasteiger partial charge < -0.3 is 5.32 Å². The molecule has 0 aliphatic rings. The van der Waals surface area contributed by atoms with Gasteiger partial charge in [0.05, 0.1) is 6.20 Å². The van der Waals surface area contributed by atoms with Gasteiger partial charge in [-0.15, -0.1) is 0 Å². The number of nitrogens with zero attached hydrogens (tertiary/aromatic N) is 4. The van der Waals surface area contributed by atoms with Crippen molar-refractivity contribution < 1.29 is 4.39 Å². The highest BCUT2D eigenvalue weighted by Crippen LogP contribution is 2.18. The molecule has 0 saturated heterocycles. The van der Waals surface area contributed by atoms with Gasteiger partial charge in [0.15, 0.2) is 0 Å². The number of aromatic nitrogens is 4. The molecule has 1 unspecified atom stereocenters. The van der Waals surface area contributed by atoms with Gasteiger partial charge in [0.1, 0.15) is 18.0 Å². The Kier molecular flexibility index (Phi) is 3.43. The summed E-state index contributed by atoms with van der Waals surface area (Å²) in [5, 5.41) is 7.07. The highest BCUT2D eigenvalue weighted by molar-refractivity contribution is 5.18. The van der Waals surface area contributed by atoms with E-state index in [4.69, 9.17) is 0 Å². The molecule has 2 rings (SSSR count). The van der Waals surface area contributed by atoms with Gasteiger partial charge in [-0.1, -0.05) is 0 Å². The van der Waals surface area contributed by atoms with E-state index < -0.39 is 0 Å². The predicted octanol–water partition coefficient (Wildman–Crippen LogP) is 0.852. The highest BCUT2D eigenvalue weighted by atomic mass is 19.1. The van der Waals surface area contributed by atoms with Crippen molar-refractivity contribution >= 4 is 0 Å². The van der Waals surface area contributed by atoms with E-state index in [9.17, 15) is 4.39 Å². The molecule has 0 aromatic carbocycles. The van der Waals surface area contributed by atoms with Crippen LogP contribution in [0.5, 0.6) is 0 Å². The molecule has 1 N–H and O–H groups in total. The molecular formula is C11H14FN5. The lowest BCUT2D eigenvalue weighted by Crippen LogP contribution is -2.21. The second-order valence-electron chi connectivity index (χ2n) is 3.74. The third kappa shape index (κ3) is 2.47. The largest absolute Gasteiger partial charge is 0.313 e. The molecule has 0 bridgehead atoms. The molecule has 6 heteroatoms. The van der Waals surface area contributed by atoms with Crippen LogP contribution in [-0.2, 0) is 13.5 Å². The maximum Gasteiger partial charge on any atom is 0.146 e. The number of hydrogen-bond acceptors (Lipinski definition) is 4. The summed E-state index contributed by atoms with van der Waals surface area (Å²) in [7, 11) is 3.61. The van der Waals surface area contributed by atoms with Crippen molar-refractivity contribution in [2.45, 2.75) is 12.5 Å². The predicted molar refractivity (Wildman–Crippen MR) is 60.7 cm³/mol. The van der Waals surface area contributed by atoms with Gasteiger partial charge in [-0.2, -0.15) is 5.10 Å². The molecular weight excluding hydrogens is 221 g/mol. The van der Waals surface area contributed by atoms with Gasteiger partial charge in [0.2, 0.25) is 0 Å². The first-order chi connectivity index (χ1) is 8.22. The fourth-order valence-corrected chi connectivity index (χ4v) is 1.72. The number of aryl methyl sites for hydroxylation is 1. The van der Waals surface area contributed by atoms with Crippen LogP contribution in [0.25, 0.3) is 0 Å². The second-order valence-corrected chi connectivity index (χ2v) is 3.74. The van der Waals surface area contributed by atoms with Crippen LogP contribution >= 0.6 is 0 Å². The molecule has 0 radical (unpaired) electrons.